The number of carbonyl (C=O) groups is 1. The Morgan fingerprint density at radius 2 is 1.20 bits per heavy atom. The normalized spacial score (nSPS) is 10.2. The summed E-state index contributed by atoms with van der Waals surface area (Å²) in [7, 11) is 0. The largest absolute Gasteiger partial charge is 0.356 e. The van der Waals surface area contributed by atoms with E-state index in [1.165, 1.54) is 16.7 Å². The summed E-state index contributed by atoms with van der Waals surface area (Å²) in [5.74, 6) is 0. The molecule has 5 nitrogen and oxygen atoms in total. The van der Waals surface area contributed by atoms with Gasteiger partial charge in [0.2, 0.25) is 0 Å². The molecule has 1 aliphatic heterocycles. The topological polar surface area (TPSA) is 92.8 Å². The Bertz CT molecular complexity index is 1150. The molecule has 0 saturated carbocycles. The van der Waals surface area contributed by atoms with Gasteiger partial charge in [-0.15, -0.1) is 0 Å². The Morgan fingerprint density at radius 1 is 0.732 bits per heavy atom. The van der Waals surface area contributed by atoms with Crippen LogP contribution in [-0.2, 0) is 24.1 Å². The Hall–Kier alpha value is -3.87. The molecule has 1 aliphatic rings. The van der Waals surface area contributed by atoms with E-state index in [2.05, 4.69) is 51.7 Å². The van der Waals surface area contributed by atoms with Gasteiger partial charge < -0.3 is 21.2 Å². The van der Waals surface area contributed by atoms with Crippen LogP contribution < -0.4 is 11.5 Å². The van der Waals surface area contributed by atoms with Crippen molar-refractivity contribution in [2.75, 3.05) is 0 Å². The van der Waals surface area contributed by atoms with Crippen LogP contribution in [-0.4, -0.2) is 21.2 Å². The lowest BCUT2D eigenvalue weighted by molar-refractivity contribution is -0.107. The maximum Gasteiger partial charge on any atom is 0.124 e. The van der Waals surface area contributed by atoms with Gasteiger partial charge in [0.05, 0.1) is 11.3 Å². The predicted molar refractivity (Wildman–Crippen MR) is 182 cm³/mol. The van der Waals surface area contributed by atoms with Gasteiger partial charge in [0.25, 0.3) is 0 Å². The summed E-state index contributed by atoms with van der Waals surface area (Å²) in [6.45, 7) is 12.0. The lowest BCUT2D eigenvalue weighted by Crippen LogP contribution is -2.05. The zero-order chi connectivity index (χ0) is 29.8. The van der Waals surface area contributed by atoms with E-state index in [1.807, 2.05) is 109 Å². The van der Waals surface area contributed by atoms with E-state index in [0.29, 0.717) is 6.42 Å². The van der Waals surface area contributed by atoms with Crippen LogP contribution in [0.4, 0.5) is 0 Å². The molecule has 0 unspecified atom stereocenters. The summed E-state index contributed by atoms with van der Waals surface area (Å²) in [4.78, 5) is 17.9. The summed E-state index contributed by atoms with van der Waals surface area (Å²) >= 11 is 5.05. The molecule has 0 bridgehead atoms. The number of H-pyrrole nitrogens is 1. The molecule has 0 amide bonds. The minimum absolute atomic E-state index is 0. The van der Waals surface area contributed by atoms with Crippen molar-refractivity contribution in [3.63, 3.8) is 0 Å². The highest BCUT2D eigenvalue weighted by Gasteiger charge is 2.08. The van der Waals surface area contributed by atoms with Gasteiger partial charge in [-0.25, -0.2) is 4.98 Å². The van der Waals surface area contributed by atoms with Gasteiger partial charge >= 0.3 is 0 Å². The molecule has 0 aliphatic carbocycles. The first-order valence-corrected chi connectivity index (χ1v) is 14.6. The van der Waals surface area contributed by atoms with E-state index in [9.17, 15) is 4.79 Å². The number of hydrogen-bond acceptors (Lipinski definition) is 4. The first-order valence-electron chi connectivity index (χ1n) is 14.2. The highest BCUT2D eigenvalue weighted by atomic mass is 32.1. The minimum atomic E-state index is 0. The molecule has 0 spiro atoms. The smallest absolute Gasteiger partial charge is 0.124 e. The fourth-order valence-electron chi connectivity index (χ4n) is 3.37. The third kappa shape index (κ3) is 18.9. The molecule has 0 radical (unpaired) electrons. The van der Waals surface area contributed by atoms with Gasteiger partial charge in [0, 0.05) is 37.4 Å². The number of imidazole rings is 1. The van der Waals surface area contributed by atoms with Gasteiger partial charge in [-0.1, -0.05) is 145 Å². The molecule has 5 N–H and O–H groups in total. The number of aldehydes is 1. The van der Waals surface area contributed by atoms with E-state index in [0.717, 1.165) is 41.8 Å². The van der Waals surface area contributed by atoms with Crippen LogP contribution in [0.2, 0.25) is 0 Å². The SMILES string of the molecule is CC.CC.CC.N.O=CCc1ccccc1.S=C1CC(Cc2ccccc2)=CN1.c1ccc(Cc2cnc[nH]2)cc1. The number of rotatable bonds is 6. The maximum absolute atomic E-state index is 9.97. The van der Waals surface area contributed by atoms with Gasteiger partial charge in [-0.2, -0.15) is 0 Å². The second-order valence-electron chi connectivity index (χ2n) is 7.80. The number of benzene rings is 3. The average molecular weight is 575 g/mol. The van der Waals surface area contributed by atoms with Crippen LogP contribution in [0.1, 0.15) is 70.3 Å². The van der Waals surface area contributed by atoms with Crippen molar-refractivity contribution in [3.05, 3.63) is 138 Å². The summed E-state index contributed by atoms with van der Waals surface area (Å²) < 4.78 is 0. The third-order valence-electron chi connectivity index (χ3n) is 5.05. The van der Waals surface area contributed by atoms with Crippen LogP contribution >= 0.6 is 12.2 Å². The highest BCUT2D eigenvalue weighted by molar-refractivity contribution is 7.80. The van der Waals surface area contributed by atoms with Gasteiger partial charge in [0.1, 0.15) is 6.29 Å². The summed E-state index contributed by atoms with van der Waals surface area (Å²) in [6, 6.07) is 30.5. The van der Waals surface area contributed by atoms with Gasteiger partial charge in [-0.3, -0.25) is 0 Å². The van der Waals surface area contributed by atoms with Gasteiger partial charge in [0.15, 0.2) is 0 Å². The number of nitrogens with one attached hydrogen (secondary N) is 2. The molecule has 3 aromatic carbocycles. The number of aromatic amines is 1. The standard InChI is InChI=1S/C11H11NS.C10H10N2.C8H8O.3C2H6.H3N/c13-11-7-10(8-12-11)6-9-4-2-1-3-5-9;1-2-4-9(5-3-1)6-10-7-11-8-12-10;9-7-6-8-4-2-1-3-5-8;3*1-2;/h1-5,8H,6-7H2,(H,12,13);1-5,7-8H,6H2,(H,11,12);1-5,7H,6H2;3*1-2H3;1H3. The van der Waals surface area contributed by atoms with Crippen LogP contribution in [0.3, 0.4) is 0 Å². The number of thiocarbonyl (C=S) groups is 1. The van der Waals surface area contributed by atoms with Crippen molar-refractivity contribution in [1.82, 2.24) is 21.4 Å². The van der Waals surface area contributed by atoms with Crippen molar-refractivity contribution in [2.45, 2.75) is 67.2 Å². The van der Waals surface area contributed by atoms with Crippen LogP contribution in [0.15, 0.2) is 115 Å². The molecule has 4 aromatic rings. The second-order valence-corrected chi connectivity index (χ2v) is 8.30. The molecule has 5 rings (SSSR count). The van der Waals surface area contributed by atoms with Crippen LogP contribution in [0, 0.1) is 0 Å². The van der Waals surface area contributed by atoms with Crippen molar-refractivity contribution in [1.29, 1.82) is 0 Å². The molecule has 222 valence electrons. The van der Waals surface area contributed by atoms with Crippen LogP contribution in [0.5, 0.6) is 0 Å². The first kappa shape index (κ1) is 39.3. The quantitative estimate of drug-likeness (QED) is 0.158. The fourth-order valence-corrected chi connectivity index (χ4v) is 3.61. The zero-order valence-electron chi connectivity index (χ0n) is 25.8. The first-order chi connectivity index (χ1) is 19.7. The average Bonchev–Trinajstić information content (AvgIpc) is 3.70. The van der Waals surface area contributed by atoms with E-state index in [1.54, 1.807) is 6.33 Å². The molecule has 0 atom stereocenters. The lowest BCUT2D eigenvalue weighted by Gasteiger charge is -1.99. The molecule has 2 heterocycles. The third-order valence-corrected chi connectivity index (χ3v) is 5.32. The molecule has 41 heavy (non-hydrogen) atoms. The van der Waals surface area contributed by atoms with E-state index < -0.39 is 0 Å². The Balaban J connectivity index is 0. The number of aromatic nitrogens is 2. The van der Waals surface area contributed by atoms with E-state index in [4.69, 9.17) is 12.2 Å². The molecular formula is C35H50N4OS. The Labute approximate surface area is 254 Å². The Kier molecular flexibility index (Phi) is 26.5. The molecule has 0 saturated heterocycles. The van der Waals surface area contributed by atoms with Crippen molar-refractivity contribution < 1.29 is 4.79 Å². The highest BCUT2D eigenvalue weighted by Crippen LogP contribution is 2.14. The van der Waals surface area contributed by atoms with Crippen molar-refractivity contribution in [3.8, 4) is 0 Å². The summed E-state index contributed by atoms with van der Waals surface area (Å²) in [6.07, 6.45) is 9.88. The molecule has 6 heteroatoms. The molecule has 1 aromatic heterocycles. The number of carbonyl (C=O) groups excluding carboxylic acids is 1. The molecule has 0 fully saturated rings. The minimum Gasteiger partial charge on any atom is -0.356 e. The van der Waals surface area contributed by atoms with E-state index in [-0.39, 0.29) is 6.15 Å². The second kappa shape index (κ2) is 27.7. The fraction of sp³-hybridized carbons (Fsp3) is 0.286. The zero-order valence-corrected chi connectivity index (χ0v) is 26.6. The monoisotopic (exact) mass is 574 g/mol. The maximum atomic E-state index is 9.97. The number of nitrogens with zero attached hydrogens (tertiary/aromatic N) is 1. The molecular weight excluding hydrogens is 524 g/mol. The van der Waals surface area contributed by atoms with E-state index >= 15 is 0 Å². The Morgan fingerprint density at radius 3 is 1.59 bits per heavy atom. The van der Waals surface area contributed by atoms with Crippen LogP contribution in [0.25, 0.3) is 0 Å². The lowest BCUT2D eigenvalue weighted by atomic mass is 10.1. The van der Waals surface area contributed by atoms with Crippen molar-refractivity contribution in [2.24, 2.45) is 0 Å². The van der Waals surface area contributed by atoms with Crippen molar-refractivity contribution >= 4 is 23.5 Å². The number of hydrogen-bond donors (Lipinski definition) is 3. The summed E-state index contributed by atoms with van der Waals surface area (Å²) in [5, 5.41) is 3.06. The predicted octanol–water partition coefficient (Wildman–Crippen LogP) is 9.10. The van der Waals surface area contributed by atoms with Gasteiger partial charge in [-0.05, 0) is 28.7 Å². The summed E-state index contributed by atoms with van der Waals surface area (Å²) in [5.41, 5.74) is 6.26.